The predicted octanol–water partition coefficient (Wildman–Crippen LogP) is 3.32. The third-order valence-electron chi connectivity index (χ3n) is 2.77. The first-order valence-corrected chi connectivity index (χ1v) is 5.74. The standard InChI is InChI=1S/C15H14N2/c16-12-14(13-6-2-1-3-7-13)9-10-15-8-4-5-11-17-15/h1-8,11,14H,9-10H2/t14-/m0/s1. The Labute approximate surface area is 102 Å². The van der Waals surface area contributed by atoms with Gasteiger partial charge in [-0.15, -0.1) is 0 Å². The van der Waals surface area contributed by atoms with Gasteiger partial charge in [0.2, 0.25) is 0 Å². The molecule has 17 heavy (non-hydrogen) atoms. The fourth-order valence-electron chi connectivity index (χ4n) is 1.83. The van der Waals surface area contributed by atoms with Gasteiger partial charge in [-0.25, -0.2) is 0 Å². The maximum absolute atomic E-state index is 9.19. The van der Waals surface area contributed by atoms with Gasteiger partial charge in [-0.2, -0.15) is 5.26 Å². The highest BCUT2D eigenvalue weighted by Gasteiger charge is 2.10. The number of pyridine rings is 1. The Bertz CT molecular complexity index is 485. The number of benzene rings is 1. The largest absolute Gasteiger partial charge is 0.261 e. The number of nitriles is 1. The molecule has 0 unspecified atom stereocenters. The number of hydrogen-bond acceptors (Lipinski definition) is 2. The van der Waals surface area contributed by atoms with Crippen molar-refractivity contribution in [2.45, 2.75) is 18.8 Å². The maximum atomic E-state index is 9.19. The lowest BCUT2D eigenvalue weighted by molar-refractivity contribution is 0.733. The molecule has 2 heteroatoms. The van der Waals surface area contributed by atoms with Crippen molar-refractivity contribution in [1.29, 1.82) is 5.26 Å². The molecule has 0 saturated heterocycles. The van der Waals surface area contributed by atoms with Crippen LogP contribution in [-0.4, -0.2) is 4.98 Å². The van der Waals surface area contributed by atoms with Crippen LogP contribution in [0.15, 0.2) is 54.7 Å². The number of nitrogens with zero attached hydrogens (tertiary/aromatic N) is 2. The lowest BCUT2D eigenvalue weighted by Crippen LogP contribution is -1.99. The van der Waals surface area contributed by atoms with Crippen LogP contribution in [0.3, 0.4) is 0 Å². The van der Waals surface area contributed by atoms with Crippen molar-refractivity contribution in [2.75, 3.05) is 0 Å². The summed E-state index contributed by atoms with van der Waals surface area (Å²) >= 11 is 0. The van der Waals surface area contributed by atoms with E-state index in [2.05, 4.69) is 11.1 Å². The molecule has 0 bridgehead atoms. The molecule has 1 atom stereocenters. The second-order valence-electron chi connectivity index (χ2n) is 3.95. The van der Waals surface area contributed by atoms with Gasteiger partial charge in [-0.05, 0) is 30.5 Å². The summed E-state index contributed by atoms with van der Waals surface area (Å²) in [6, 6.07) is 18.2. The van der Waals surface area contributed by atoms with Crippen molar-refractivity contribution in [3.8, 4) is 6.07 Å². The van der Waals surface area contributed by atoms with E-state index >= 15 is 0 Å². The number of rotatable bonds is 4. The van der Waals surface area contributed by atoms with Crippen LogP contribution >= 0.6 is 0 Å². The number of hydrogen-bond donors (Lipinski definition) is 0. The van der Waals surface area contributed by atoms with Crippen molar-refractivity contribution in [2.24, 2.45) is 0 Å². The van der Waals surface area contributed by atoms with Crippen LogP contribution in [0.4, 0.5) is 0 Å². The van der Waals surface area contributed by atoms with E-state index in [9.17, 15) is 5.26 Å². The Morgan fingerprint density at radius 1 is 1.06 bits per heavy atom. The molecule has 1 aromatic carbocycles. The third-order valence-corrected chi connectivity index (χ3v) is 2.77. The highest BCUT2D eigenvalue weighted by atomic mass is 14.7. The highest BCUT2D eigenvalue weighted by Crippen LogP contribution is 2.20. The molecule has 0 spiro atoms. The molecule has 1 heterocycles. The normalized spacial score (nSPS) is 11.7. The molecule has 0 aliphatic heterocycles. The zero-order chi connectivity index (χ0) is 11.9. The van der Waals surface area contributed by atoms with E-state index in [0.717, 1.165) is 24.1 Å². The monoisotopic (exact) mass is 222 g/mol. The summed E-state index contributed by atoms with van der Waals surface area (Å²) < 4.78 is 0. The molecule has 0 amide bonds. The molecule has 2 nitrogen and oxygen atoms in total. The van der Waals surface area contributed by atoms with Crippen LogP contribution in [0.25, 0.3) is 0 Å². The van der Waals surface area contributed by atoms with Gasteiger partial charge in [0.25, 0.3) is 0 Å². The summed E-state index contributed by atoms with van der Waals surface area (Å²) in [6.07, 6.45) is 3.45. The fourth-order valence-corrected chi connectivity index (χ4v) is 1.83. The summed E-state index contributed by atoms with van der Waals surface area (Å²) in [5, 5.41) is 9.19. The molecular formula is C15H14N2. The summed E-state index contributed by atoms with van der Waals surface area (Å²) in [7, 11) is 0. The van der Waals surface area contributed by atoms with E-state index in [4.69, 9.17) is 0 Å². The van der Waals surface area contributed by atoms with Crippen LogP contribution in [-0.2, 0) is 6.42 Å². The lowest BCUT2D eigenvalue weighted by atomic mass is 9.95. The van der Waals surface area contributed by atoms with E-state index in [1.54, 1.807) is 6.20 Å². The van der Waals surface area contributed by atoms with Crippen LogP contribution < -0.4 is 0 Å². The molecule has 2 rings (SSSR count). The summed E-state index contributed by atoms with van der Waals surface area (Å²) in [4.78, 5) is 4.27. The smallest absolute Gasteiger partial charge is 0.0716 e. The van der Waals surface area contributed by atoms with E-state index in [1.807, 2.05) is 48.5 Å². The van der Waals surface area contributed by atoms with Crippen LogP contribution in [0.1, 0.15) is 23.6 Å². The first-order chi connectivity index (χ1) is 8.40. The second kappa shape index (κ2) is 5.81. The Hall–Kier alpha value is -2.14. The van der Waals surface area contributed by atoms with E-state index in [1.165, 1.54) is 0 Å². The van der Waals surface area contributed by atoms with E-state index in [-0.39, 0.29) is 5.92 Å². The number of aryl methyl sites for hydroxylation is 1. The lowest BCUT2D eigenvalue weighted by Gasteiger charge is -2.08. The molecule has 84 valence electrons. The Morgan fingerprint density at radius 2 is 1.82 bits per heavy atom. The quantitative estimate of drug-likeness (QED) is 0.795. The van der Waals surface area contributed by atoms with Crippen LogP contribution in [0.5, 0.6) is 0 Å². The fraction of sp³-hybridized carbons (Fsp3) is 0.200. The van der Waals surface area contributed by atoms with Gasteiger partial charge in [-0.1, -0.05) is 36.4 Å². The average molecular weight is 222 g/mol. The molecule has 0 saturated carbocycles. The van der Waals surface area contributed by atoms with Gasteiger partial charge in [0.05, 0.1) is 12.0 Å². The zero-order valence-corrected chi connectivity index (χ0v) is 9.58. The Morgan fingerprint density at radius 3 is 2.47 bits per heavy atom. The van der Waals surface area contributed by atoms with Crippen molar-refractivity contribution in [1.82, 2.24) is 4.98 Å². The van der Waals surface area contributed by atoms with E-state index in [0.29, 0.717) is 0 Å². The molecular weight excluding hydrogens is 208 g/mol. The van der Waals surface area contributed by atoms with Gasteiger partial charge in [0.15, 0.2) is 0 Å². The number of aromatic nitrogens is 1. The Balaban J connectivity index is 2.01. The molecule has 0 N–H and O–H groups in total. The molecule has 0 aliphatic rings. The van der Waals surface area contributed by atoms with Crippen molar-refractivity contribution in [3.05, 3.63) is 66.0 Å². The van der Waals surface area contributed by atoms with Crippen molar-refractivity contribution in [3.63, 3.8) is 0 Å². The van der Waals surface area contributed by atoms with Crippen LogP contribution in [0.2, 0.25) is 0 Å². The first-order valence-electron chi connectivity index (χ1n) is 5.74. The van der Waals surface area contributed by atoms with Gasteiger partial charge in [-0.3, -0.25) is 4.98 Å². The molecule has 0 radical (unpaired) electrons. The molecule has 1 aromatic heterocycles. The first kappa shape index (κ1) is 11.3. The molecule has 2 aromatic rings. The highest BCUT2D eigenvalue weighted by molar-refractivity contribution is 5.24. The topological polar surface area (TPSA) is 36.7 Å². The predicted molar refractivity (Wildman–Crippen MR) is 67.4 cm³/mol. The van der Waals surface area contributed by atoms with Crippen LogP contribution in [0, 0.1) is 11.3 Å². The van der Waals surface area contributed by atoms with Crippen molar-refractivity contribution >= 4 is 0 Å². The van der Waals surface area contributed by atoms with Crippen molar-refractivity contribution < 1.29 is 0 Å². The minimum absolute atomic E-state index is 0.0433. The minimum Gasteiger partial charge on any atom is -0.261 e. The summed E-state index contributed by atoms with van der Waals surface area (Å²) in [6.45, 7) is 0. The molecule has 0 aliphatic carbocycles. The van der Waals surface area contributed by atoms with Gasteiger partial charge >= 0.3 is 0 Å². The zero-order valence-electron chi connectivity index (χ0n) is 9.58. The van der Waals surface area contributed by atoms with Gasteiger partial charge < -0.3 is 0 Å². The third kappa shape index (κ3) is 3.15. The SMILES string of the molecule is N#C[C@H](CCc1ccccn1)c1ccccc1. The Kier molecular flexibility index (Phi) is 3.88. The average Bonchev–Trinajstić information content (AvgIpc) is 2.42. The maximum Gasteiger partial charge on any atom is 0.0716 e. The van der Waals surface area contributed by atoms with Gasteiger partial charge in [0, 0.05) is 11.9 Å². The molecule has 0 fully saturated rings. The van der Waals surface area contributed by atoms with Gasteiger partial charge in [0.1, 0.15) is 0 Å². The second-order valence-corrected chi connectivity index (χ2v) is 3.95. The minimum atomic E-state index is -0.0433. The summed E-state index contributed by atoms with van der Waals surface area (Å²) in [5.41, 5.74) is 2.13. The summed E-state index contributed by atoms with van der Waals surface area (Å²) in [5.74, 6) is -0.0433. The van der Waals surface area contributed by atoms with E-state index < -0.39 is 0 Å².